The van der Waals surface area contributed by atoms with E-state index >= 15 is 0 Å². The van der Waals surface area contributed by atoms with Crippen molar-refractivity contribution in [2.45, 2.75) is 19.9 Å². The standard InChI is InChI=1S/C16H17NO4/c1-9(16(20)21)10(2)17-15(19)13-8-7-11-5-3-4-6-12(11)14(13)18/h3-10,18H,1-2H3,(H,17,19)(H,20,21). The van der Waals surface area contributed by atoms with Gasteiger partial charge in [0.25, 0.3) is 5.91 Å². The summed E-state index contributed by atoms with van der Waals surface area (Å²) in [6, 6.07) is 9.93. The minimum atomic E-state index is -0.981. The Balaban J connectivity index is 2.28. The molecule has 21 heavy (non-hydrogen) atoms. The van der Waals surface area contributed by atoms with Crippen LogP contribution in [0.25, 0.3) is 10.8 Å². The molecule has 0 aliphatic carbocycles. The van der Waals surface area contributed by atoms with Gasteiger partial charge in [-0.2, -0.15) is 0 Å². The molecule has 0 radical (unpaired) electrons. The number of hydrogen-bond donors (Lipinski definition) is 3. The molecule has 0 aromatic heterocycles. The molecule has 5 nitrogen and oxygen atoms in total. The van der Waals surface area contributed by atoms with Crippen LogP contribution in [0.4, 0.5) is 0 Å². The molecule has 0 bridgehead atoms. The van der Waals surface area contributed by atoms with Crippen LogP contribution in [0.2, 0.25) is 0 Å². The van der Waals surface area contributed by atoms with Gasteiger partial charge in [-0.3, -0.25) is 9.59 Å². The Labute approximate surface area is 122 Å². The second-order valence-corrected chi connectivity index (χ2v) is 5.07. The maximum Gasteiger partial charge on any atom is 0.308 e. The fourth-order valence-electron chi connectivity index (χ4n) is 2.06. The zero-order valence-electron chi connectivity index (χ0n) is 11.8. The van der Waals surface area contributed by atoms with Gasteiger partial charge in [0.2, 0.25) is 0 Å². The molecule has 2 aromatic carbocycles. The lowest BCUT2D eigenvalue weighted by molar-refractivity contribution is -0.141. The van der Waals surface area contributed by atoms with Gasteiger partial charge in [-0.05, 0) is 25.3 Å². The number of aromatic hydroxyl groups is 1. The summed E-state index contributed by atoms with van der Waals surface area (Å²) >= 11 is 0. The lowest BCUT2D eigenvalue weighted by Crippen LogP contribution is -2.40. The third-order valence-electron chi connectivity index (χ3n) is 3.64. The highest BCUT2D eigenvalue weighted by atomic mass is 16.4. The van der Waals surface area contributed by atoms with Gasteiger partial charge < -0.3 is 15.5 Å². The number of carboxylic acids is 1. The molecule has 2 aromatic rings. The van der Waals surface area contributed by atoms with Crippen molar-refractivity contribution in [1.29, 1.82) is 0 Å². The number of hydrogen-bond acceptors (Lipinski definition) is 3. The second kappa shape index (κ2) is 5.83. The SMILES string of the molecule is CC(NC(=O)c1ccc2ccccc2c1O)C(C)C(=O)O. The lowest BCUT2D eigenvalue weighted by Gasteiger charge is -2.18. The summed E-state index contributed by atoms with van der Waals surface area (Å²) in [5.74, 6) is -2.28. The number of carboxylic acid groups (broad SMARTS) is 1. The normalized spacial score (nSPS) is 13.6. The monoisotopic (exact) mass is 287 g/mol. The molecular weight excluding hydrogens is 270 g/mol. The summed E-state index contributed by atoms with van der Waals surface area (Å²) in [5.41, 5.74) is 0.137. The number of rotatable bonds is 4. The van der Waals surface area contributed by atoms with E-state index in [4.69, 9.17) is 5.11 Å². The number of benzene rings is 2. The highest BCUT2D eigenvalue weighted by molar-refractivity contribution is 6.03. The number of phenolic OH excluding ortho intramolecular Hbond substituents is 1. The molecule has 0 aliphatic heterocycles. The van der Waals surface area contributed by atoms with E-state index in [0.29, 0.717) is 5.39 Å². The van der Waals surface area contributed by atoms with Crippen LogP contribution in [-0.4, -0.2) is 28.1 Å². The summed E-state index contributed by atoms with van der Waals surface area (Å²) in [6.07, 6.45) is 0. The van der Waals surface area contributed by atoms with Gasteiger partial charge >= 0.3 is 5.97 Å². The number of amides is 1. The van der Waals surface area contributed by atoms with Crippen molar-refractivity contribution in [3.05, 3.63) is 42.0 Å². The highest BCUT2D eigenvalue weighted by Crippen LogP contribution is 2.28. The molecular formula is C16H17NO4. The Morgan fingerprint density at radius 3 is 2.43 bits per heavy atom. The molecule has 0 aliphatic rings. The fourth-order valence-corrected chi connectivity index (χ4v) is 2.06. The highest BCUT2D eigenvalue weighted by Gasteiger charge is 2.23. The van der Waals surface area contributed by atoms with Crippen molar-refractivity contribution in [3.63, 3.8) is 0 Å². The first-order valence-corrected chi connectivity index (χ1v) is 6.66. The fraction of sp³-hybridized carbons (Fsp3) is 0.250. The number of phenols is 1. The van der Waals surface area contributed by atoms with E-state index < -0.39 is 23.8 Å². The molecule has 2 unspecified atom stereocenters. The van der Waals surface area contributed by atoms with Gasteiger partial charge in [0.1, 0.15) is 5.75 Å². The van der Waals surface area contributed by atoms with Gasteiger partial charge in [0.05, 0.1) is 11.5 Å². The quantitative estimate of drug-likeness (QED) is 0.805. The molecule has 110 valence electrons. The van der Waals surface area contributed by atoms with E-state index in [1.807, 2.05) is 12.1 Å². The van der Waals surface area contributed by atoms with Gasteiger partial charge in [-0.1, -0.05) is 30.3 Å². The third-order valence-corrected chi connectivity index (χ3v) is 3.64. The first-order valence-electron chi connectivity index (χ1n) is 6.66. The summed E-state index contributed by atoms with van der Waals surface area (Å²) in [7, 11) is 0. The Kier molecular flexibility index (Phi) is 4.12. The second-order valence-electron chi connectivity index (χ2n) is 5.07. The van der Waals surface area contributed by atoms with E-state index in [1.54, 1.807) is 25.1 Å². The number of fused-ring (bicyclic) bond motifs is 1. The van der Waals surface area contributed by atoms with Crippen LogP contribution in [0, 0.1) is 5.92 Å². The number of nitrogens with one attached hydrogen (secondary N) is 1. The average molecular weight is 287 g/mol. The molecule has 0 fully saturated rings. The minimum absolute atomic E-state index is 0.0965. The molecule has 0 spiro atoms. The molecule has 1 amide bonds. The first-order chi connectivity index (χ1) is 9.91. The molecule has 0 heterocycles. The third kappa shape index (κ3) is 2.97. The van der Waals surface area contributed by atoms with Crippen LogP contribution in [0.3, 0.4) is 0 Å². The van der Waals surface area contributed by atoms with Crippen molar-refractivity contribution in [2.24, 2.45) is 5.92 Å². The Hall–Kier alpha value is -2.56. The van der Waals surface area contributed by atoms with E-state index in [-0.39, 0.29) is 11.3 Å². The first kappa shape index (κ1) is 14.8. The summed E-state index contributed by atoms with van der Waals surface area (Å²) in [5, 5.41) is 23.2. The van der Waals surface area contributed by atoms with Crippen molar-refractivity contribution in [1.82, 2.24) is 5.32 Å². The van der Waals surface area contributed by atoms with Crippen LogP contribution in [-0.2, 0) is 4.79 Å². The number of carbonyl (C=O) groups is 2. The van der Waals surface area contributed by atoms with Gasteiger partial charge in [-0.15, -0.1) is 0 Å². The van der Waals surface area contributed by atoms with Crippen molar-refractivity contribution >= 4 is 22.6 Å². The van der Waals surface area contributed by atoms with E-state index in [2.05, 4.69) is 5.32 Å². The zero-order valence-corrected chi connectivity index (χ0v) is 11.8. The van der Waals surface area contributed by atoms with Crippen LogP contribution < -0.4 is 5.32 Å². The molecule has 2 atom stereocenters. The Morgan fingerprint density at radius 1 is 1.10 bits per heavy atom. The smallest absolute Gasteiger partial charge is 0.308 e. The summed E-state index contributed by atoms with van der Waals surface area (Å²) < 4.78 is 0. The molecule has 5 heteroatoms. The Bertz CT molecular complexity index is 696. The predicted octanol–water partition coefficient (Wildman–Crippen LogP) is 2.38. The number of aliphatic carboxylic acids is 1. The Morgan fingerprint density at radius 2 is 1.76 bits per heavy atom. The molecule has 0 saturated carbocycles. The lowest BCUT2D eigenvalue weighted by atomic mass is 10.0. The topological polar surface area (TPSA) is 86.6 Å². The van der Waals surface area contributed by atoms with Crippen molar-refractivity contribution in [3.8, 4) is 5.75 Å². The summed E-state index contributed by atoms with van der Waals surface area (Å²) in [6.45, 7) is 3.14. The minimum Gasteiger partial charge on any atom is -0.506 e. The maximum atomic E-state index is 12.2. The molecule has 0 saturated heterocycles. The predicted molar refractivity (Wildman–Crippen MR) is 79.3 cm³/mol. The molecule has 2 rings (SSSR count). The summed E-state index contributed by atoms with van der Waals surface area (Å²) in [4.78, 5) is 23.1. The maximum absolute atomic E-state index is 12.2. The van der Waals surface area contributed by atoms with Crippen LogP contribution in [0.1, 0.15) is 24.2 Å². The van der Waals surface area contributed by atoms with Crippen LogP contribution in [0.5, 0.6) is 5.75 Å². The van der Waals surface area contributed by atoms with Crippen LogP contribution in [0.15, 0.2) is 36.4 Å². The van der Waals surface area contributed by atoms with Gasteiger partial charge in [-0.25, -0.2) is 0 Å². The number of carbonyl (C=O) groups excluding carboxylic acids is 1. The van der Waals surface area contributed by atoms with Gasteiger partial charge in [0, 0.05) is 11.4 Å². The van der Waals surface area contributed by atoms with Crippen LogP contribution >= 0.6 is 0 Å². The largest absolute Gasteiger partial charge is 0.506 e. The van der Waals surface area contributed by atoms with Crippen molar-refractivity contribution < 1.29 is 19.8 Å². The van der Waals surface area contributed by atoms with E-state index in [1.165, 1.54) is 13.0 Å². The zero-order chi connectivity index (χ0) is 15.6. The average Bonchev–Trinajstić information content (AvgIpc) is 2.46. The van der Waals surface area contributed by atoms with Crippen molar-refractivity contribution in [2.75, 3.05) is 0 Å². The molecule has 3 N–H and O–H groups in total. The van der Waals surface area contributed by atoms with E-state index in [9.17, 15) is 14.7 Å². The van der Waals surface area contributed by atoms with Gasteiger partial charge in [0.15, 0.2) is 0 Å². The van der Waals surface area contributed by atoms with E-state index in [0.717, 1.165) is 5.39 Å².